The molecule has 2 aliphatic carbocycles. The van der Waals surface area contributed by atoms with Gasteiger partial charge in [0, 0.05) is 9.89 Å². The lowest BCUT2D eigenvalue weighted by molar-refractivity contribution is 0.702. The van der Waals surface area contributed by atoms with Gasteiger partial charge in [0.25, 0.3) is 0 Å². The molecule has 0 nitrogen and oxygen atoms in total. The zero-order valence-electron chi connectivity index (χ0n) is 18.3. The molecule has 0 amide bonds. The molecule has 0 saturated carbocycles. The van der Waals surface area contributed by atoms with Crippen LogP contribution in [0.15, 0.2) is 83.3 Å². The Morgan fingerprint density at radius 3 is 2.16 bits per heavy atom. The first-order valence-electron chi connectivity index (χ1n) is 11.4. The maximum atomic E-state index is 3.72. The third-order valence-electron chi connectivity index (χ3n) is 7.78. The van der Waals surface area contributed by atoms with Crippen LogP contribution in [-0.2, 0) is 11.8 Å². The SMILES string of the molecule is CC1(C)C2=C(CCc3c2c2ccccc2c2cc4ccccc4cc32)c2cc(Br)ccc21. The van der Waals surface area contributed by atoms with Gasteiger partial charge in [0.2, 0.25) is 0 Å². The molecule has 0 atom stereocenters. The van der Waals surface area contributed by atoms with E-state index in [0.29, 0.717) is 0 Å². The van der Waals surface area contributed by atoms with Gasteiger partial charge in [0.1, 0.15) is 0 Å². The van der Waals surface area contributed by atoms with Crippen LogP contribution in [0.2, 0.25) is 0 Å². The highest BCUT2D eigenvalue weighted by molar-refractivity contribution is 9.10. The molecule has 0 aromatic heterocycles. The number of fused-ring (bicyclic) bond motifs is 10. The minimum Gasteiger partial charge on any atom is -0.0616 e. The lowest BCUT2D eigenvalue weighted by Gasteiger charge is -2.31. The largest absolute Gasteiger partial charge is 0.0616 e. The van der Waals surface area contributed by atoms with E-state index in [4.69, 9.17) is 0 Å². The van der Waals surface area contributed by atoms with Crippen LogP contribution in [0.1, 0.15) is 42.5 Å². The Morgan fingerprint density at radius 2 is 1.38 bits per heavy atom. The second-order valence-electron chi connectivity index (χ2n) is 9.81. The average molecular weight is 475 g/mol. The summed E-state index contributed by atoms with van der Waals surface area (Å²) in [7, 11) is 0. The van der Waals surface area contributed by atoms with Crippen LogP contribution in [0.4, 0.5) is 0 Å². The molecule has 0 spiro atoms. The van der Waals surface area contributed by atoms with Crippen LogP contribution in [0.3, 0.4) is 0 Å². The monoisotopic (exact) mass is 474 g/mol. The lowest BCUT2D eigenvalue weighted by Crippen LogP contribution is -2.19. The topological polar surface area (TPSA) is 0 Å². The number of allylic oxidation sites excluding steroid dienone is 2. The molecule has 154 valence electrons. The smallest absolute Gasteiger partial charge is 0.0181 e. The molecule has 0 fully saturated rings. The molecule has 32 heavy (non-hydrogen) atoms. The van der Waals surface area contributed by atoms with Gasteiger partial charge in [-0.3, -0.25) is 0 Å². The third kappa shape index (κ3) is 2.33. The first-order chi connectivity index (χ1) is 15.5. The Balaban J connectivity index is 1.67. The van der Waals surface area contributed by atoms with E-state index in [1.54, 1.807) is 5.57 Å². The molecule has 0 N–H and O–H groups in total. The van der Waals surface area contributed by atoms with Crippen molar-refractivity contribution in [3.05, 3.63) is 106 Å². The van der Waals surface area contributed by atoms with E-state index in [2.05, 4.69) is 109 Å². The van der Waals surface area contributed by atoms with E-state index < -0.39 is 0 Å². The van der Waals surface area contributed by atoms with Crippen molar-refractivity contribution in [3.63, 3.8) is 0 Å². The summed E-state index contributed by atoms with van der Waals surface area (Å²) in [5, 5.41) is 8.23. The second kappa shape index (κ2) is 6.33. The molecule has 0 aliphatic heterocycles. The molecule has 5 aromatic rings. The van der Waals surface area contributed by atoms with Gasteiger partial charge < -0.3 is 0 Å². The average Bonchev–Trinajstić information content (AvgIpc) is 3.04. The number of aryl methyl sites for hydroxylation is 1. The summed E-state index contributed by atoms with van der Waals surface area (Å²) in [6, 6.07) is 29.5. The van der Waals surface area contributed by atoms with Crippen LogP contribution in [-0.4, -0.2) is 0 Å². The Kier molecular flexibility index (Phi) is 3.69. The Labute approximate surface area is 196 Å². The standard InChI is InChI=1S/C31H23Br/c1-31(2)28-14-11-20(32)17-27(28)24-13-12-23-26-16-19-8-4-3-7-18(19)15-25(26)21-9-5-6-10-22(21)29(23)30(24)31/h3-11,14-17H,12-13H2,1-2H3. The van der Waals surface area contributed by atoms with Crippen molar-refractivity contribution in [2.75, 3.05) is 0 Å². The highest BCUT2D eigenvalue weighted by atomic mass is 79.9. The fourth-order valence-corrected chi connectivity index (χ4v) is 6.78. The summed E-state index contributed by atoms with van der Waals surface area (Å²) < 4.78 is 1.17. The molecular formula is C31H23Br. The highest BCUT2D eigenvalue weighted by Gasteiger charge is 2.41. The van der Waals surface area contributed by atoms with E-state index in [1.807, 2.05) is 0 Å². The second-order valence-corrected chi connectivity index (χ2v) is 10.7. The summed E-state index contributed by atoms with van der Waals surface area (Å²) in [4.78, 5) is 0. The molecule has 5 aromatic carbocycles. The summed E-state index contributed by atoms with van der Waals surface area (Å²) in [6.45, 7) is 4.83. The molecule has 1 heteroatoms. The van der Waals surface area contributed by atoms with Gasteiger partial charge in [-0.15, -0.1) is 0 Å². The molecule has 0 unspecified atom stereocenters. The minimum absolute atomic E-state index is 0.00612. The van der Waals surface area contributed by atoms with Crippen molar-refractivity contribution in [2.45, 2.75) is 32.1 Å². The summed E-state index contributed by atoms with van der Waals surface area (Å²) in [5.74, 6) is 0. The molecule has 0 radical (unpaired) electrons. The summed E-state index contributed by atoms with van der Waals surface area (Å²) in [5.41, 5.74) is 9.00. The zero-order valence-corrected chi connectivity index (χ0v) is 19.9. The van der Waals surface area contributed by atoms with Crippen molar-refractivity contribution in [1.29, 1.82) is 0 Å². The van der Waals surface area contributed by atoms with E-state index in [-0.39, 0.29) is 5.41 Å². The normalized spacial score (nSPS) is 16.5. The van der Waals surface area contributed by atoms with Gasteiger partial charge >= 0.3 is 0 Å². The number of hydrogen-bond acceptors (Lipinski definition) is 0. The Hall–Kier alpha value is -2.90. The predicted molar refractivity (Wildman–Crippen MR) is 141 cm³/mol. The van der Waals surface area contributed by atoms with E-state index in [1.165, 1.54) is 64.6 Å². The first kappa shape index (κ1) is 18.7. The van der Waals surface area contributed by atoms with Crippen LogP contribution < -0.4 is 0 Å². The summed E-state index contributed by atoms with van der Waals surface area (Å²) in [6.07, 6.45) is 2.20. The Morgan fingerprint density at radius 1 is 0.688 bits per heavy atom. The van der Waals surface area contributed by atoms with Crippen molar-refractivity contribution < 1.29 is 0 Å². The van der Waals surface area contributed by atoms with Gasteiger partial charge in [-0.05, 0) is 103 Å². The van der Waals surface area contributed by atoms with Crippen LogP contribution in [0.5, 0.6) is 0 Å². The number of rotatable bonds is 0. The maximum absolute atomic E-state index is 3.72. The lowest BCUT2D eigenvalue weighted by atomic mass is 9.72. The van der Waals surface area contributed by atoms with Crippen molar-refractivity contribution in [1.82, 2.24) is 0 Å². The van der Waals surface area contributed by atoms with Crippen molar-refractivity contribution >= 4 is 59.4 Å². The van der Waals surface area contributed by atoms with Gasteiger partial charge in [-0.2, -0.15) is 0 Å². The molecule has 0 bridgehead atoms. The van der Waals surface area contributed by atoms with Crippen molar-refractivity contribution in [3.8, 4) is 0 Å². The van der Waals surface area contributed by atoms with Gasteiger partial charge in [-0.25, -0.2) is 0 Å². The predicted octanol–water partition coefficient (Wildman–Crippen LogP) is 9.06. The molecule has 2 aliphatic rings. The van der Waals surface area contributed by atoms with E-state index >= 15 is 0 Å². The minimum atomic E-state index is -0.00612. The van der Waals surface area contributed by atoms with Gasteiger partial charge in [0.15, 0.2) is 0 Å². The molecule has 7 rings (SSSR count). The number of benzene rings is 5. The van der Waals surface area contributed by atoms with Gasteiger partial charge in [-0.1, -0.05) is 84.4 Å². The van der Waals surface area contributed by atoms with Gasteiger partial charge in [0.05, 0.1) is 0 Å². The molecule has 0 saturated heterocycles. The number of hydrogen-bond donors (Lipinski definition) is 0. The van der Waals surface area contributed by atoms with Crippen molar-refractivity contribution in [2.24, 2.45) is 0 Å². The van der Waals surface area contributed by atoms with E-state index in [9.17, 15) is 0 Å². The molecular weight excluding hydrogens is 452 g/mol. The fourth-order valence-electron chi connectivity index (χ4n) is 6.42. The quantitative estimate of drug-likeness (QED) is 0.155. The third-order valence-corrected chi connectivity index (χ3v) is 8.27. The van der Waals surface area contributed by atoms with Crippen LogP contribution in [0.25, 0.3) is 43.5 Å². The number of halogens is 1. The Bertz CT molecular complexity index is 1650. The van der Waals surface area contributed by atoms with Crippen LogP contribution >= 0.6 is 15.9 Å². The van der Waals surface area contributed by atoms with E-state index in [0.717, 1.165) is 12.8 Å². The van der Waals surface area contributed by atoms with Crippen LogP contribution in [0, 0.1) is 0 Å². The zero-order chi connectivity index (χ0) is 21.6. The molecule has 0 heterocycles. The highest BCUT2D eigenvalue weighted by Crippen LogP contribution is 2.57. The summed E-state index contributed by atoms with van der Waals surface area (Å²) >= 11 is 3.72. The first-order valence-corrected chi connectivity index (χ1v) is 12.2. The fraction of sp³-hybridized carbons (Fsp3) is 0.161. The maximum Gasteiger partial charge on any atom is 0.0181 e.